The average Bonchev–Trinajstić information content (AvgIpc) is 3.69. The molecule has 1 aliphatic carbocycles. The third-order valence-corrected chi connectivity index (χ3v) is 6.84. The van der Waals surface area contributed by atoms with Gasteiger partial charge in [0.05, 0.1) is 35.8 Å². The van der Waals surface area contributed by atoms with Crippen LogP contribution in [-0.4, -0.2) is 94.8 Å². The lowest BCUT2D eigenvalue weighted by Crippen LogP contribution is -2.54. The van der Waals surface area contributed by atoms with Gasteiger partial charge in [-0.25, -0.2) is 0 Å². The molecular weight excluding hydrogens is 476 g/mol. The fourth-order valence-electron chi connectivity index (χ4n) is 4.94. The van der Waals surface area contributed by atoms with Crippen molar-refractivity contribution in [3.05, 3.63) is 35.7 Å². The highest BCUT2D eigenvalue weighted by molar-refractivity contribution is 5.82. The lowest BCUT2D eigenvalue weighted by Gasteiger charge is -2.36. The van der Waals surface area contributed by atoms with E-state index in [-0.39, 0.29) is 24.1 Å². The Kier molecular flexibility index (Phi) is 9.25. The molecule has 4 rings (SSSR count). The van der Waals surface area contributed by atoms with Gasteiger partial charge in [-0.2, -0.15) is 5.10 Å². The molecule has 1 saturated heterocycles. The summed E-state index contributed by atoms with van der Waals surface area (Å²) < 4.78 is 13.2. The third-order valence-electron chi connectivity index (χ3n) is 6.84. The number of ether oxygens (including phenoxy) is 2. The second-order valence-electron chi connectivity index (χ2n) is 9.67. The van der Waals surface area contributed by atoms with E-state index < -0.39 is 18.6 Å². The van der Waals surface area contributed by atoms with Crippen LogP contribution in [0.3, 0.4) is 0 Å². The van der Waals surface area contributed by atoms with Gasteiger partial charge in [0.25, 0.3) is 5.91 Å². The maximum atomic E-state index is 13.7. The highest BCUT2D eigenvalue weighted by Gasteiger charge is 2.42. The molecule has 0 bridgehead atoms. The summed E-state index contributed by atoms with van der Waals surface area (Å²) >= 11 is 0. The van der Waals surface area contributed by atoms with E-state index in [0.29, 0.717) is 39.2 Å². The van der Waals surface area contributed by atoms with E-state index in [9.17, 15) is 9.59 Å². The van der Waals surface area contributed by atoms with Crippen LogP contribution in [0.4, 0.5) is 0 Å². The van der Waals surface area contributed by atoms with Gasteiger partial charge in [-0.3, -0.25) is 19.3 Å². The molecule has 1 saturated carbocycles. The summed E-state index contributed by atoms with van der Waals surface area (Å²) in [6, 6.07) is 5.68. The van der Waals surface area contributed by atoms with Gasteiger partial charge in [0.2, 0.25) is 5.91 Å². The molecule has 11 nitrogen and oxygen atoms in total. The highest BCUT2D eigenvalue weighted by atomic mass is 16.5. The Balaban J connectivity index is 1.58. The standard InChI is InChI=1S/C26H38N6O5/c1-17-24(18(2)32(19-8-9-19)26(35)22-14-27-13-20(37-22)16-36-3)30-31(12-6-11-29-23(34)15-33)25(17)21-7-4-5-10-28-21/h4-5,7,10,18-20,22,27,33H,6,8-9,11-16H2,1-3H3,(H,29,34)/t18-,20-,22+/m0/s1. The summed E-state index contributed by atoms with van der Waals surface area (Å²) in [5, 5.41) is 19.9. The second kappa shape index (κ2) is 12.6. The van der Waals surface area contributed by atoms with E-state index in [0.717, 1.165) is 35.5 Å². The second-order valence-corrected chi connectivity index (χ2v) is 9.67. The van der Waals surface area contributed by atoms with Crippen molar-refractivity contribution in [2.75, 3.05) is 40.0 Å². The number of methoxy groups -OCH3 is 1. The number of morpholine rings is 1. The maximum absolute atomic E-state index is 13.7. The van der Waals surface area contributed by atoms with Crippen LogP contribution in [0.1, 0.15) is 43.5 Å². The maximum Gasteiger partial charge on any atom is 0.253 e. The number of rotatable bonds is 12. The van der Waals surface area contributed by atoms with Crippen molar-refractivity contribution in [3.63, 3.8) is 0 Å². The quantitative estimate of drug-likeness (QED) is 0.355. The number of aliphatic hydroxyl groups excluding tert-OH is 1. The zero-order valence-corrected chi connectivity index (χ0v) is 21.9. The van der Waals surface area contributed by atoms with E-state index in [1.165, 1.54) is 0 Å². The molecule has 11 heteroatoms. The van der Waals surface area contributed by atoms with E-state index in [1.807, 2.05) is 41.6 Å². The molecule has 3 atom stereocenters. The normalized spacial score (nSPS) is 20.4. The molecule has 202 valence electrons. The number of carbonyl (C=O) groups excluding carboxylic acids is 2. The molecule has 3 N–H and O–H groups in total. The van der Waals surface area contributed by atoms with Crippen molar-refractivity contribution in [3.8, 4) is 11.4 Å². The smallest absolute Gasteiger partial charge is 0.253 e. The largest absolute Gasteiger partial charge is 0.387 e. The van der Waals surface area contributed by atoms with Gasteiger partial charge in [-0.1, -0.05) is 6.07 Å². The van der Waals surface area contributed by atoms with Gasteiger partial charge >= 0.3 is 0 Å². The summed E-state index contributed by atoms with van der Waals surface area (Å²) in [6.07, 6.45) is 3.59. The first-order valence-electron chi connectivity index (χ1n) is 13.0. The average molecular weight is 515 g/mol. The lowest BCUT2D eigenvalue weighted by molar-refractivity contribution is -0.156. The first kappa shape index (κ1) is 27.2. The molecule has 2 aromatic heterocycles. The number of amides is 2. The zero-order valence-electron chi connectivity index (χ0n) is 21.9. The third kappa shape index (κ3) is 6.53. The van der Waals surface area contributed by atoms with E-state index in [1.54, 1.807) is 13.3 Å². The minimum absolute atomic E-state index is 0.0247. The topological polar surface area (TPSA) is 131 Å². The fourth-order valence-corrected chi connectivity index (χ4v) is 4.94. The first-order chi connectivity index (χ1) is 17.9. The minimum Gasteiger partial charge on any atom is -0.387 e. The Hall–Kier alpha value is -2.86. The zero-order chi connectivity index (χ0) is 26.4. The van der Waals surface area contributed by atoms with Crippen LogP contribution in [0.5, 0.6) is 0 Å². The van der Waals surface area contributed by atoms with Crippen molar-refractivity contribution < 1.29 is 24.2 Å². The summed E-state index contributed by atoms with van der Waals surface area (Å²) in [5.41, 5.74) is 3.51. The fraction of sp³-hybridized carbons (Fsp3) is 0.615. The van der Waals surface area contributed by atoms with Gasteiger partial charge in [0, 0.05) is 51.1 Å². The van der Waals surface area contributed by atoms with Gasteiger partial charge in [0.15, 0.2) is 0 Å². The molecule has 2 aromatic rings. The Morgan fingerprint density at radius 3 is 2.84 bits per heavy atom. The van der Waals surface area contributed by atoms with Crippen molar-refractivity contribution in [1.29, 1.82) is 0 Å². The number of pyridine rings is 1. The molecule has 2 aliphatic rings. The summed E-state index contributed by atoms with van der Waals surface area (Å²) in [4.78, 5) is 31.6. The van der Waals surface area contributed by atoms with E-state index >= 15 is 0 Å². The molecule has 1 aliphatic heterocycles. The van der Waals surface area contributed by atoms with Gasteiger partial charge in [-0.15, -0.1) is 0 Å². The van der Waals surface area contributed by atoms with Crippen LogP contribution in [0.25, 0.3) is 11.4 Å². The number of nitrogens with zero attached hydrogens (tertiary/aromatic N) is 4. The van der Waals surface area contributed by atoms with Crippen LogP contribution in [-0.2, 0) is 25.6 Å². The highest BCUT2D eigenvalue weighted by Crippen LogP contribution is 2.38. The van der Waals surface area contributed by atoms with Gasteiger partial charge in [-0.05, 0) is 45.2 Å². The Labute approximate surface area is 217 Å². The van der Waals surface area contributed by atoms with Crippen LogP contribution >= 0.6 is 0 Å². The molecular formula is C26H38N6O5. The molecule has 2 amide bonds. The summed E-state index contributed by atoms with van der Waals surface area (Å²) in [7, 11) is 1.63. The van der Waals surface area contributed by atoms with Crippen LogP contribution in [0.2, 0.25) is 0 Å². The van der Waals surface area contributed by atoms with Crippen LogP contribution < -0.4 is 10.6 Å². The Morgan fingerprint density at radius 1 is 1.35 bits per heavy atom. The number of nitrogens with one attached hydrogen (secondary N) is 2. The van der Waals surface area contributed by atoms with Crippen LogP contribution in [0.15, 0.2) is 24.4 Å². The predicted molar refractivity (Wildman–Crippen MR) is 137 cm³/mol. The molecule has 0 radical (unpaired) electrons. The molecule has 2 fully saturated rings. The summed E-state index contributed by atoms with van der Waals surface area (Å²) in [6.45, 7) is 6.07. The van der Waals surface area contributed by atoms with Gasteiger partial charge < -0.3 is 30.1 Å². The number of carbonyl (C=O) groups is 2. The first-order valence-corrected chi connectivity index (χ1v) is 13.0. The van der Waals surface area contributed by atoms with Crippen molar-refractivity contribution in [2.24, 2.45) is 0 Å². The predicted octanol–water partition coefficient (Wildman–Crippen LogP) is 0.808. The van der Waals surface area contributed by atoms with Crippen molar-refractivity contribution in [2.45, 2.75) is 63.9 Å². The monoisotopic (exact) mass is 514 g/mol. The molecule has 0 spiro atoms. The molecule has 3 heterocycles. The molecule has 0 aromatic carbocycles. The minimum atomic E-state index is -0.565. The van der Waals surface area contributed by atoms with Crippen LogP contribution in [0, 0.1) is 6.92 Å². The van der Waals surface area contributed by atoms with E-state index in [4.69, 9.17) is 19.7 Å². The molecule has 0 unspecified atom stereocenters. The SMILES string of the molecule is COC[C@@H]1CNC[C@H](C(=O)N(C2CC2)[C@@H](C)c2nn(CCCNC(=O)CO)c(-c3ccccn3)c2C)O1. The number of aryl methyl sites for hydroxylation is 1. The lowest BCUT2D eigenvalue weighted by atomic mass is 10.0. The Bertz CT molecular complexity index is 1060. The van der Waals surface area contributed by atoms with Gasteiger partial charge in [0.1, 0.15) is 12.7 Å². The van der Waals surface area contributed by atoms with E-state index in [2.05, 4.69) is 15.6 Å². The number of aromatic nitrogens is 3. The Morgan fingerprint density at radius 2 is 2.16 bits per heavy atom. The number of hydrogen-bond acceptors (Lipinski definition) is 8. The summed E-state index contributed by atoms with van der Waals surface area (Å²) in [5.74, 6) is -0.426. The van der Waals surface area contributed by atoms with Crippen molar-refractivity contribution in [1.82, 2.24) is 30.3 Å². The molecule has 37 heavy (non-hydrogen) atoms. The number of aliphatic hydroxyl groups is 1. The number of hydrogen-bond donors (Lipinski definition) is 3. The van der Waals surface area contributed by atoms with Crippen molar-refractivity contribution >= 4 is 11.8 Å².